The van der Waals surface area contributed by atoms with Crippen molar-refractivity contribution in [2.24, 2.45) is 5.92 Å². The molecule has 0 aliphatic carbocycles. The van der Waals surface area contributed by atoms with Crippen molar-refractivity contribution in [3.63, 3.8) is 0 Å². The number of hydrogen-bond acceptors (Lipinski definition) is 11. The number of carbonyl (C=O) groups excluding carboxylic acids is 5. The van der Waals surface area contributed by atoms with Gasteiger partial charge < -0.3 is 28.3 Å². The highest BCUT2D eigenvalue weighted by Crippen LogP contribution is 2.61. The van der Waals surface area contributed by atoms with E-state index in [2.05, 4.69) is 10.3 Å². The summed E-state index contributed by atoms with van der Waals surface area (Å²) >= 11 is 0. The Bertz CT molecular complexity index is 2360. The van der Waals surface area contributed by atoms with E-state index in [0.29, 0.717) is 46.8 Å². The van der Waals surface area contributed by atoms with Gasteiger partial charge in [0, 0.05) is 55.0 Å². The van der Waals surface area contributed by atoms with Crippen LogP contribution in [0.25, 0.3) is 0 Å². The van der Waals surface area contributed by atoms with E-state index in [-0.39, 0.29) is 43.7 Å². The second-order valence-electron chi connectivity index (χ2n) is 16.4. The van der Waals surface area contributed by atoms with Crippen LogP contribution in [-0.2, 0) is 56.9 Å². The van der Waals surface area contributed by atoms with Gasteiger partial charge in [-0.15, -0.1) is 5.10 Å². The SMILES string of the molecule is CC(=O)OC1CC(=O)N1c1cccc(CN2C(=O)[C@@]3(O[C@@H](CCn4cc(C(CO)c5ccccc5)nn4)[C@H]([Si](C)(C)F)[C@H]3C)c3cc(N4C(=O)CC4OC(C)=O)ccc32)c1. The number of aryl methyl sites for hydroxylation is 1. The van der Waals surface area contributed by atoms with Crippen molar-refractivity contribution in [3.8, 4) is 0 Å². The molecular weight excluding hydrogens is 792 g/mol. The van der Waals surface area contributed by atoms with E-state index in [1.165, 1.54) is 23.6 Å². The third-order valence-corrected chi connectivity index (χ3v) is 14.6. The molecule has 1 aromatic heterocycles. The molecule has 7 atom stereocenters. The Hall–Kier alpha value is -5.78. The lowest BCUT2D eigenvalue weighted by Crippen LogP contribution is -2.55. The van der Waals surface area contributed by atoms with E-state index < -0.39 is 61.9 Å². The minimum Gasteiger partial charge on any atom is -0.441 e. The summed E-state index contributed by atoms with van der Waals surface area (Å²) < 4.78 is 36.1. The minimum absolute atomic E-state index is 0.00806. The van der Waals surface area contributed by atoms with Gasteiger partial charge in [-0.3, -0.25) is 38.5 Å². The number of nitrogens with zero attached hydrogens (tertiary/aromatic N) is 6. The molecule has 4 aliphatic heterocycles. The number of ether oxygens (including phenoxy) is 3. The summed E-state index contributed by atoms with van der Waals surface area (Å²) in [7, 11) is -3.58. The van der Waals surface area contributed by atoms with Crippen LogP contribution in [0, 0.1) is 5.92 Å². The summed E-state index contributed by atoms with van der Waals surface area (Å²) in [5.74, 6) is -2.98. The topological polar surface area (TPSA) is 174 Å². The normalized spacial score (nSPS) is 25.3. The molecule has 1 spiro atoms. The molecule has 3 saturated heterocycles. The van der Waals surface area contributed by atoms with Gasteiger partial charge in [0.25, 0.3) is 5.91 Å². The van der Waals surface area contributed by atoms with E-state index in [1.54, 1.807) is 65.3 Å². The maximum absolute atomic E-state index is 16.8. The van der Waals surface area contributed by atoms with Crippen LogP contribution in [0.5, 0.6) is 0 Å². The van der Waals surface area contributed by atoms with Crippen LogP contribution in [0.2, 0.25) is 18.6 Å². The summed E-state index contributed by atoms with van der Waals surface area (Å²) in [6.07, 6.45) is -0.148. The molecule has 0 radical (unpaired) electrons. The zero-order chi connectivity index (χ0) is 42.7. The van der Waals surface area contributed by atoms with Crippen LogP contribution in [-0.4, -0.2) is 83.3 Å². The number of halogens is 1. The molecule has 8 rings (SSSR count). The maximum Gasteiger partial charge on any atom is 0.304 e. The fraction of sp³-hybridized carbons (Fsp3) is 0.419. The Kier molecular flexibility index (Phi) is 10.7. The molecule has 3 unspecified atom stereocenters. The highest BCUT2D eigenvalue weighted by atomic mass is 28.4. The molecule has 17 heteroatoms. The molecule has 4 aromatic rings. The van der Waals surface area contributed by atoms with Gasteiger partial charge in [0.2, 0.25) is 20.2 Å². The van der Waals surface area contributed by atoms with Crippen LogP contribution in [0.1, 0.15) is 68.3 Å². The number of β-lactam (4-membered cyclic amide) rings is 2. The monoisotopic (exact) mass is 838 g/mol. The number of anilines is 3. The minimum atomic E-state index is -3.58. The molecule has 314 valence electrons. The zero-order valence-electron chi connectivity index (χ0n) is 34.0. The number of aliphatic hydroxyl groups is 1. The number of aliphatic hydroxyl groups excluding tert-OH is 1. The van der Waals surface area contributed by atoms with Crippen LogP contribution < -0.4 is 14.7 Å². The number of hydrogen-bond donors (Lipinski definition) is 1. The van der Waals surface area contributed by atoms with Crippen LogP contribution in [0.15, 0.2) is 79.0 Å². The van der Waals surface area contributed by atoms with Crippen molar-refractivity contribution in [1.29, 1.82) is 0 Å². The van der Waals surface area contributed by atoms with Gasteiger partial charge in [0.15, 0.2) is 18.1 Å². The number of aromatic nitrogens is 3. The summed E-state index contributed by atoms with van der Waals surface area (Å²) in [5, 5.41) is 18.9. The molecule has 5 heterocycles. The fourth-order valence-corrected chi connectivity index (χ4v) is 12.0. The van der Waals surface area contributed by atoms with Gasteiger partial charge in [0.05, 0.1) is 49.4 Å². The third-order valence-electron chi connectivity index (χ3n) is 12.1. The lowest BCUT2D eigenvalue weighted by atomic mass is 9.82. The Balaban J connectivity index is 1.14. The highest BCUT2D eigenvalue weighted by Gasteiger charge is 2.67. The van der Waals surface area contributed by atoms with Gasteiger partial charge in [0.1, 0.15) is 0 Å². The number of benzene rings is 3. The molecule has 3 fully saturated rings. The van der Waals surface area contributed by atoms with Crippen LogP contribution in [0.4, 0.5) is 21.2 Å². The first-order chi connectivity index (χ1) is 28.6. The Labute approximate surface area is 347 Å². The lowest BCUT2D eigenvalue weighted by molar-refractivity contribution is -0.155. The predicted molar refractivity (Wildman–Crippen MR) is 217 cm³/mol. The smallest absolute Gasteiger partial charge is 0.304 e. The van der Waals surface area contributed by atoms with Gasteiger partial charge in [-0.25, -0.2) is 0 Å². The number of amides is 3. The fourth-order valence-electron chi connectivity index (χ4n) is 9.46. The van der Waals surface area contributed by atoms with Crippen molar-refractivity contribution >= 4 is 55.1 Å². The summed E-state index contributed by atoms with van der Waals surface area (Å²) in [6.45, 7) is 7.80. The van der Waals surface area contributed by atoms with Crippen LogP contribution in [0.3, 0.4) is 0 Å². The van der Waals surface area contributed by atoms with Crippen LogP contribution >= 0.6 is 0 Å². The van der Waals surface area contributed by atoms with E-state index in [9.17, 15) is 24.3 Å². The molecule has 3 aromatic carbocycles. The predicted octanol–water partition coefficient (Wildman–Crippen LogP) is 5.07. The van der Waals surface area contributed by atoms with E-state index in [1.807, 2.05) is 43.3 Å². The van der Waals surface area contributed by atoms with Crippen molar-refractivity contribution < 1.29 is 47.4 Å². The summed E-state index contributed by atoms with van der Waals surface area (Å²) in [6, 6.07) is 21.7. The second kappa shape index (κ2) is 15.7. The van der Waals surface area contributed by atoms with Crippen molar-refractivity contribution in [2.45, 2.75) is 102 Å². The van der Waals surface area contributed by atoms with Gasteiger partial charge >= 0.3 is 11.9 Å². The average Bonchev–Trinajstić information content (AvgIpc) is 3.84. The number of rotatable bonds is 13. The van der Waals surface area contributed by atoms with E-state index in [4.69, 9.17) is 14.2 Å². The summed E-state index contributed by atoms with van der Waals surface area (Å²) in [5.41, 5.74) is 1.71. The molecule has 60 heavy (non-hydrogen) atoms. The van der Waals surface area contributed by atoms with E-state index >= 15 is 8.90 Å². The molecule has 3 amide bonds. The standard InChI is InChI=1S/C43H47FN6O9Si/c1-25-41(60(4,5)44)36(16-17-47-23-34(45-46-47)32(24-51)29-11-7-6-8-12-29)59-43(25)33-19-31(50-38(55)21-40(50)58-27(3)53)14-15-35(33)48(42(43)56)22-28-10-9-13-30(18-28)49-37(54)20-39(49)57-26(2)52/h6-15,18-19,23,25,32,36,39-41,51H,16-17,20-22,24H2,1-5H3/t25-,32?,36+,39?,40?,41-,43+/m1/s1. The number of fused-ring (bicyclic) bond motifs is 2. The molecule has 15 nitrogen and oxygen atoms in total. The first-order valence-corrected chi connectivity index (χ1v) is 23.0. The first-order valence-electron chi connectivity index (χ1n) is 20.1. The molecule has 0 bridgehead atoms. The first kappa shape index (κ1) is 41.0. The van der Waals surface area contributed by atoms with Gasteiger partial charge in [-0.1, -0.05) is 54.6 Å². The molecular formula is C43H47FN6O9Si. The van der Waals surface area contributed by atoms with E-state index in [0.717, 1.165) is 5.56 Å². The summed E-state index contributed by atoms with van der Waals surface area (Å²) in [4.78, 5) is 68.9. The quantitative estimate of drug-likeness (QED) is 0.0825. The Morgan fingerprint density at radius 3 is 2.18 bits per heavy atom. The number of esters is 2. The lowest BCUT2D eigenvalue weighted by Gasteiger charge is -2.39. The Morgan fingerprint density at radius 1 is 0.933 bits per heavy atom. The molecule has 0 saturated carbocycles. The zero-order valence-corrected chi connectivity index (χ0v) is 35.0. The molecule has 4 aliphatic rings. The number of carbonyl (C=O) groups is 5. The van der Waals surface area contributed by atoms with Crippen molar-refractivity contribution in [1.82, 2.24) is 15.0 Å². The Morgan fingerprint density at radius 2 is 1.58 bits per heavy atom. The van der Waals surface area contributed by atoms with Gasteiger partial charge in [-0.05, 0) is 61.0 Å². The average molecular weight is 839 g/mol. The maximum atomic E-state index is 16.8. The van der Waals surface area contributed by atoms with Crippen molar-refractivity contribution in [2.75, 3.05) is 21.3 Å². The molecule has 1 N–H and O–H groups in total. The third kappa shape index (κ3) is 7.17. The second-order valence-corrected chi connectivity index (χ2v) is 20.2. The largest absolute Gasteiger partial charge is 0.441 e. The highest BCUT2D eigenvalue weighted by molar-refractivity contribution is 6.72. The van der Waals surface area contributed by atoms with Crippen molar-refractivity contribution in [3.05, 3.63) is 101 Å². The van der Waals surface area contributed by atoms with Gasteiger partial charge in [-0.2, -0.15) is 0 Å².